The van der Waals surface area contributed by atoms with Gasteiger partial charge in [-0.2, -0.15) is 26.3 Å². The first-order valence-corrected chi connectivity index (χ1v) is 4.86. The van der Waals surface area contributed by atoms with E-state index in [1.165, 1.54) is 0 Å². The third-order valence-corrected chi connectivity index (χ3v) is 2.34. The number of hydrogen-bond donors (Lipinski definition) is 3. The number of alkyl halides is 6. The van der Waals surface area contributed by atoms with Crippen molar-refractivity contribution in [3.8, 4) is 0 Å². The molecule has 2 aromatic rings. The third kappa shape index (κ3) is 2.40. The topological polar surface area (TPSA) is 94.4 Å². The number of rotatable bonds is 1. The van der Waals surface area contributed by atoms with Crippen LogP contribution < -0.4 is 11.2 Å². The van der Waals surface area contributed by atoms with Crippen LogP contribution in [0.3, 0.4) is 0 Å². The van der Waals surface area contributed by atoms with Gasteiger partial charge in [-0.05, 0) is 0 Å². The average molecular weight is 302 g/mol. The summed E-state index contributed by atoms with van der Waals surface area (Å²) in [5.41, 5.74) is -3.65. The van der Waals surface area contributed by atoms with E-state index >= 15 is 0 Å². The molecular formula is C8H4F6N4O2. The zero-order valence-corrected chi connectivity index (χ0v) is 9.11. The highest BCUT2D eigenvalue weighted by molar-refractivity contribution is 5.68. The Hall–Kier alpha value is -2.27. The first-order chi connectivity index (χ1) is 9.00. The van der Waals surface area contributed by atoms with Crippen LogP contribution in [-0.4, -0.2) is 32.3 Å². The van der Waals surface area contributed by atoms with E-state index in [1.807, 2.05) is 4.98 Å². The van der Waals surface area contributed by atoms with Crippen LogP contribution in [0.1, 0.15) is 11.7 Å². The number of halogens is 6. The highest BCUT2D eigenvalue weighted by Gasteiger charge is 2.59. The fourth-order valence-electron chi connectivity index (χ4n) is 1.58. The minimum absolute atomic E-state index is 0.682. The maximum atomic E-state index is 12.5. The van der Waals surface area contributed by atoms with Gasteiger partial charge in [-0.15, -0.1) is 0 Å². The molecular weight excluding hydrogens is 298 g/mol. The van der Waals surface area contributed by atoms with Crippen molar-refractivity contribution in [1.29, 1.82) is 0 Å². The van der Waals surface area contributed by atoms with Crippen molar-refractivity contribution in [1.82, 2.24) is 19.9 Å². The first-order valence-electron chi connectivity index (χ1n) is 4.86. The normalized spacial score (nSPS) is 13.3. The van der Waals surface area contributed by atoms with E-state index in [9.17, 15) is 35.9 Å². The van der Waals surface area contributed by atoms with E-state index in [0.29, 0.717) is 0 Å². The van der Waals surface area contributed by atoms with Crippen LogP contribution in [0.4, 0.5) is 26.3 Å². The maximum absolute atomic E-state index is 12.5. The molecule has 0 atom stereocenters. The Morgan fingerprint density at radius 2 is 1.45 bits per heavy atom. The molecule has 0 aromatic carbocycles. The maximum Gasteiger partial charge on any atom is 0.407 e. The van der Waals surface area contributed by atoms with Crippen molar-refractivity contribution in [2.45, 2.75) is 18.3 Å². The van der Waals surface area contributed by atoms with E-state index in [0.717, 1.165) is 0 Å². The molecule has 0 amide bonds. The number of nitrogens with zero attached hydrogens (tertiary/aromatic N) is 1. The van der Waals surface area contributed by atoms with Gasteiger partial charge in [0.2, 0.25) is 5.92 Å². The zero-order chi connectivity index (χ0) is 15.3. The zero-order valence-electron chi connectivity index (χ0n) is 9.11. The minimum Gasteiger partial charge on any atom is -0.335 e. The Kier molecular flexibility index (Phi) is 2.91. The smallest absolute Gasteiger partial charge is 0.335 e. The molecule has 0 unspecified atom stereocenters. The SMILES string of the molecule is O=c1[nH]c(=O)c2[nH]c(C(C(F)(F)F)C(F)(F)F)nc2[nH]1. The molecule has 110 valence electrons. The van der Waals surface area contributed by atoms with Crippen LogP contribution in [0.15, 0.2) is 9.59 Å². The summed E-state index contributed by atoms with van der Waals surface area (Å²) in [6.45, 7) is 0. The number of aromatic nitrogens is 4. The van der Waals surface area contributed by atoms with Gasteiger partial charge in [-0.3, -0.25) is 14.8 Å². The summed E-state index contributed by atoms with van der Waals surface area (Å²) in [6, 6.07) is 0. The molecule has 12 heteroatoms. The van der Waals surface area contributed by atoms with Gasteiger partial charge in [0, 0.05) is 0 Å². The van der Waals surface area contributed by atoms with E-state index in [-0.39, 0.29) is 0 Å². The van der Waals surface area contributed by atoms with Gasteiger partial charge < -0.3 is 4.98 Å². The summed E-state index contributed by atoms with van der Waals surface area (Å²) in [5, 5.41) is 0. The van der Waals surface area contributed by atoms with Gasteiger partial charge in [0.05, 0.1) is 0 Å². The van der Waals surface area contributed by atoms with Crippen LogP contribution >= 0.6 is 0 Å². The van der Waals surface area contributed by atoms with Crippen molar-refractivity contribution in [2.24, 2.45) is 0 Å². The summed E-state index contributed by atoms with van der Waals surface area (Å²) >= 11 is 0. The predicted octanol–water partition coefficient (Wildman–Crippen LogP) is 1.15. The van der Waals surface area contributed by atoms with E-state index < -0.39 is 46.5 Å². The molecule has 0 saturated heterocycles. The van der Waals surface area contributed by atoms with Gasteiger partial charge in [0.1, 0.15) is 11.3 Å². The first kappa shape index (κ1) is 14.1. The predicted molar refractivity (Wildman–Crippen MR) is 52.2 cm³/mol. The fourth-order valence-corrected chi connectivity index (χ4v) is 1.58. The quantitative estimate of drug-likeness (QED) is 0.690. The number of imidazole rings is 1. The average Bonchev–Trinajstić information content (AvgIpc) is 2.55. The molecule has 0 bridgehead atoms. The number of aromatic amines is 3. The Labute approximate surface area is 103 Å². The monoisotopic (exact) mass is 302 g/mol. The molecule has 3 N–H and O–H groups in total. The van der Waals surface area contributed by atoms with Gasteiger partial charge in [-0.1, -0.05) is 0 Å². The lowest BCUT2D eigenvalue weighted by Gasteiger charge is -2.20. The molecule has 2 aromatic heterocycles. The molecule has 2 rings (SSSR count). The van der Waals surface area contributed by atoms with Crippen molar-refractivity contribution < 1.29 is 26.3 Å². The standard InChI is InChI=1S/C8H4F6N4O2/c9-7(10,11)2(8(12,13)14)4-15-1-3(16-4)17-6(20)18-5(1)19/h2H,(H3,15,16,17,18,19,20). The molecule has 6 nitrogen and oxygen atoms in total. The Bertz CT molecular complexity index is 737. The van der Waals surface area contributed by atoms with Crippen LogP contribution in [0, 0.1) is 0 Å². The lowest BCUT2D eigenvalue weighted by molar-refractivity contribution is -0.255. The largest absolute Gasteiger partial charge is 0.407 e. The van der Waals surface area contributed by atoms with Gasteiger partial charge >= 0.3 is 18.0 Å². The summed E-state index contributed by atoms with van der Waals surface area (Å²) < 4.78 is 74.8. The van der Waals surface area contributed by atoms with Crippen molar-refractivity contribution in [2.75, 3.05) is 0 Å². The Morgan fingerprint density at radius 1 is 0.900 bits per heavy atom. The number of hydrogen-bond acceptors (Lipinski definition) is 3. The highest BCUT2D eigenvalue weighted by atomic mass is 19.4. The highest BCUT2D eigenvalue weighted by Crippen LogP contribution is 2.45. The molecule has 0 spiro atoms. The Balaban J connectivity index is 2.70. The molecule has 0 aliphatic carbocycles. The number of H-pyrrole nitrogens is 3. The summed E-state index contributed by atoms with van der Waals surface area (Å²) in [7, 11) is 0. The van der Waals surface area contributed by atoms with Gasteiger partial charge in [-0.25, -0.2) is 9.78 Å². The second-order valence-electron chi connectivity index (χ2n) is 3.77. The van der Waals surface area contributed by atoms with E-state index in [4.69, 9.17) is 0 Å². The molecule has 20 heavy (non-hydrogen) atoms. The number of nitrogens with one attached hydrogen (secondary N) is 3. The van der Waals surface area contributed by atoms with Crippen LogP contribution in [-0.2, 0) is 0 Å². The van der Waals surface area contributed by atoms with Crippen LogP contribution in [0.2, 0.25) is 0 Å². The van der Waals surface area contributed by atoms with E-state index in [1.54, 1.807) is 9.97 Å². The van der Waals surface area contributed by atoms with Crippen molar-refractivity contribution in [3.63, 3.8) is 0 Å². The minimum atomic E-state index is -5.65. The van der Waals surface area contributed by atoms with Crippen molar-refractivity contribution in [3.05, 3.63) is 26.7 Å². The van der Waals surface area contributed by atoms with Crippen LogP contribution in [0.25, 0.3) is 11.2 Å². The Morgan fingerprint density at radius 3 is 1.95 bits per heavy atom. The van der Waals surface area contributed by atoms with Crippen LogP contribution in [0.5, 0.6) is 0 Å². The third-order valence-electron chi connectivity index (χ3n) is 2.34. The fraction of sp³-hybridized carbons (Fsp3) is 0.375. The summed E-state index contributed by atoms with van der Waals surface area (Å²) in [4.78, 5) is 30.2. The van der Waals surface area contributed by atoms with Gasteiger partial charge in [0.15, 0.2) is 5.65 Å². The second kappa shape index (κ2) is 4.11. The lowest BCUT2D eigenvalue weighted by atomic mass is 10.1. The molecule has 0 aliphatic heterocycles. The second-order valence-corrected chi connectivity index (χ2v) is 3.77. The van der Waals surface area contributed by atoms with Crippen molar-refractivity contribution >= 4 is 11.2 Å². The molecule has 0 radical (unpaired) electrons. The van der Waals surface area contributed by atoms with E-state index in [2.05, 4.69) is 4.98 Å². The molecule has 0 saturated carbocycles. The molecule has 2 heterocycles. The lowest BCUT2D eigenvalue weighted by Crippen LogP contribution is -2.35. The van der Waals surface area contributed by atoms with Gasteiger partial charge in [0.25, 0.3) is 5.56 Å². The summed E-state index contributed by atoms with van der Waals surface area (Å²) in [6.07, 6.45) is -11.3. The molecule has 0 fully saturated rings. The molecule has 0 aliphatic rings. The summed E-state index contributed by atoms with van der Waals surface area (Å²) in [5.74, 6) is -5.40. The number of fused-ring (bicyclic) bond motifs is 1.